The van der Waals surface area contributed by atoms with Crippen LogP contribution in [-0.4, -0.2) is 14.2 Å². The predicted molar refractivity (Wildman–Crippen MR) is 71.9 cm³/mol. The maximum Gasteiger partial charge on any atom is 0.122 e. The fraction of sp³-hybridized carbons (Fsp3) is 0.533. The first-order valence-electron chi connectivity index (χ1n) is 6.26. The Hall–Kier alpha value is -1.69. The van der Waals surface area contributed by atoms with Crippen LogP contribution in [0.25, 0.3) is 0 Å². The second kappa shape index (κ2) is 6.30. The Bertz CT molecular complexity index is 431. The molecule has 0 aromatic heterocycles. The number of nitriles is 1. The summed E-state index contributed by atoms with van der Waals surface area (Å²) in [7, 11) is 3.29. The molecule has 0 fully saturated rings. The van der Waals surface area contributed by atoms with E-state index in [2.05, 4.69) is 19.9 Å². The molecule has 98 valence electrons. The molecule has 0 radical (unpaired) electrons. The first-order valence-corrected chi connectivity index (χ1v) is 6.26. The van der Waals surface area contributed by atoms with Crippen molar-refractivity contribution in [3.8, 4) is 17.6 Å². The van der Waals surface area contributed by atoms with E-state index in [4.69, 9.17) is 9.47 Å². The molecule has 0 amide bonds. The van der Waals surface area contributed by atoms with E-state index in [9.17, 15) is 5.26 Å². The van der Waals surface area contributed by atoms with E-state index >= 15 is 0 Å². The average molecular weight is 247 g/mol. The third kappa shape index (κ3) is 2.95. The molecule has 3 heteroatoms. The van der Waals surface area contributed by atoms with Gasteiger partial charge in [0.1, 0.15) is 11.5 Å². The summed E-state index contributed by atoms with van der Waals surface area (Å²) in [5, 5.41) is 9.41. The normalized spacial score (nSPS) is 10.8. The van der Waals surface area contributed by atoms with Crippen molar-refractivity contribution in [2.45, 2.75) is 33.1 Å². The molecule has 0 saturated heterocycles. The summed E-state index contributed by atoms with van der Waals surface area (Å²) < 4.78 is 10.6. The predicted octanol–water partition coefficient (Wildman–Crippen LogP) is 3.58. The third-order valence-electron chi connectivity index (χ3n) is 3.61. The van der Waals surface area contributed by atoms with E-state index in [0.29, 0.717) is 6.42 Å². The molecule has 0 saturated carbocycles. The van der Waals surface area contributed by atoms with Crippen LogP contribution in [0.2, 0.25) is 0 Å². The van der Waals surface area contributed by atoms with E-state index in [1.807, 2.05) is 18.2 Å². The standard InChI is InChI=1S/C15H21NO2/c1-5-15(6-2,11-16)10-12-9-13(17-3)7-8-14(12)18-4/h7-9H,5-6,10H2,1-4H3. The van der Waals surface area contributed by atoms with Crippen LogP contribution in [0.5, 0.6) is 11.5 Å². The van der Waals surface area contributed by atoms with E-state index in [1.165, 1.54) is 0 Å². The van der Waals surface area contributed by atoms with Gasteiger partial charge in [-0.3, -0.25) is 0 Å². The lowest BCUT2D eigenvalue weighted by atomic mass is 9.78. The Balaban J connectivity index is 3.12. The third-order valence-corrected chi connectivity index (χ3v) is 3.61. The van der Waals surface area contributed by atoms with Crippen molar-refractivity contribution in [2.24, 2.45) is 5.41 Å². The van der Waals surface area contributed by atoms with Gasteiger partial charge in [-0.1, -0.05) is 13.8 Å². The first-order chi connectivity index (χ1) is 8.64. The van der Waals surface area contributed by atoms with Crippen LogP contribution in [0.15, 0.2) is 18.2 Å². The van der Waals surface area contributed by atoms with Crippen molar-refractivity contribution in [1.82, 2.24) is 0 Å². The molecule has 0 bridgehead atoms. The zero-order chi connectivity index (χ0) is 13.6. The van der Waals surface area contributed by atoms with Crippen molar-refractivity contribution in [3.63, 3.8) is 0 Å². The van der Waals surface area contributed by atoms with Crippen LogP contribution in [0.4, 0.5) is 0 Å². The molecule has 0 aliphatic rings. The van der Waals surface area contributed by atoms with E-state index in [-0.39, 0.29) is 5.41 Å². The molecular weight excluding hydrogens is 226 g/mol. The Morgan fingerprint density at radius 2 is 1.83 bits per heavy atom. The highest BCUT2D eigenvalue weighted by molar-refractivity contribution is 5.41. The maximum absolute atomic E-state index is 9.41. The fourth-order valence-electron chi connectivity index (χ4n) is 2.08. The molecule has 0 heterocycles. The van der Waals surface area contributed by atoms with Crippen LogP contribution < -0.4 is 9.47 Å². The second-order valence-corrected chi connectivity index (χ2v) is 4.45. The SMILES string of the molecule is CCC(C#N)(CC)Cc1cc(OC)ccc1OC. The molecule has 0 aliphatic heterocycles. The molecule has 0 N–H and O–H groups in total. The molecule has 0 atom stereocenters. The Morgan fingerprint density at radius 1 is 1.17 bits per heavy atom. The van der Waals surface area contributed by atoms with Gasteiger partial charge >= 0.3 is 0 Å². The van der Waals surface area contributed by atoms with Gasteiger partial charge < -0.3 is 9.47 Å². The molecule has 1 rings (SSSR count). The number of methoxy groups -OCH3 is 2. The largest absolute Gasteiger partial charge is 0.497 e. The number of ether oxygens (including phenoxy) is 2. The van der Waals surface area contributed by atoms with Crippen LogP contribution in [0.1, 0.15) is 32.3 Å². The average Bonchev–Trinajstić information content (AvgIpc) is 2.44. The second-order valence-electron chi connectivity index (χ2n) is 4.45. The summed E-state index contributed by atoms with van der Waals surface area (Å²) in [5.41, 5.74) is 0.710. The van der Waals surface area contributed by atoms with Gasteiger partial charge in [-0.15, -0.1) is 0 Å². The molecule has 3 nitrogen and oxygen atoms in total. The summed E-state index contributed by atoms with van der Waals surface area (Å²) in [4.78, 5) is 0. The number of nitrogens with zero attached hydrogens (tertiary/aromatic N) is 1. The van der Waals surface area contributed by atoms with Crippen molar-refractivity contribution in [1.29, 1.82) is 5.26 Å². The summed E-state index contributed by atoms with van der Waals surface area (Å²) in [5.74, 6) is 1.61. The van der Waals surface area contributed by atoms with Crippen molar-refractivity contribution < 1.29 is 9.47 Å². The van der Waals surface area contributed by atoms with Gasteiger partial charge in [0.05, 0.1) is 25.7 Å². The highest BCUT2D eigenvalue weighted by Crippen LogP contribution is 2.35. The Kier molecular flexibility index (Phi) is 5.03. The number of benzene rings is 1. The Morgan fingerprint density at radius 3 is 2.28 bits per heavy atom. The zero-order valence-electron chi connectivity index (χ0n) is 11.6. The number of rotatable bonds is 6. The van der Waals surface area contributed by atoms with Crippen molar-refractivity contribution in [2.75, 3.05) is 14.2 Å². The molecule has 1 aromatic rings. The highest BCUT2D eigenvalue weighted by atomic mass is 16.5. The lowest BCUT2D eigenvalue weighted by molar-refractivity contribution is 0.347. The van der Waals surface area contributed by atoms with Crippen LogP contribution in [0, 0.1) is 16.7 Å². The smallest absolute Gasteiger partial charge is 0.122 e. The lowest BCUT2D eigenvalue weighted by Crippen LogP contribution is -2.20. The maximum atomic E-state index is 9.41. The molecule has 0 spiro atoms. The lowest BCUT2D eigenvalue weighted by Gasteiger charge is -2.24. The van der Waals surface area contributed by atoms with E-state index in [0.717, 1.165) is 29.9 Å². The summed E-state index contributed by atoms with van der Waals surface area (Å²) >= 11 is 0. The minimum absolute atomic E-state index is 0.320. The quantitative estimate of drug-likeness (QED) is 0.771. The molecule has 1 aromatic carbocycles. The summed E-state index contributed by atoms with van der Waals surface area (Å²) in [6, 6.07) is 8.17. The van der Waals surface area contributed by atoms with Crippen LogP contribution >= 0.6 is 0 Å². The van der Waals surface area contributed by atoms with Crippen molar-refractivity contribution >= 4 is 0 Å². The van der Waals surface area contributed by atoms with Gasteiger partial charge in [0.2, 0.25) is 0 Å². The molecule has 0 aliphatic carbocycles. The summed E-state index contributed by atoms with van der Waals surface area (Å²) in [6.45, 7) is 4.11. The van der Waals surface area contributed by atoms with Crippen LogP contribution in [-0.2, 0) is 6.42 Å². The molecule has 18 heavy (non-hydrogen) atoms. The van der Waals surface area contributed by atoms with Gasteiger partial charge in [-0.25, -0.2) is 0 Å². The zero-order valence-corrected chi connectivity index (χ0v) is 11.6. The van der Waals surface area contributed by atoms with Gasteiger partial charge in [0.25, 0.3) is 0 Å². The Labute approximate surface area is 109 Å². The van der Waals surface area contributed by atoms with E-state index in [1.54, 1.807) is 14.2 Å². The highest BCUT2D eigenvalue weighted by Gasteiger charge is 2.27. The van der Waals surface area contributed by atoms with Gasteiger partial charge in [-0.2, -0.15) is 5.26 Å². The minimum Gasteiger partial charge on any atom is -0.497 e. The fourth-order valence-corrected chi connectivity index (χ4v) is 2.08. The topological polar surface area (TPSA) is 42.2 Å². The first kappa shape index (κ1) is 14.4. The van der Waals surface area contributed by atoms with E-state index < -0.39 is 0 Å². The monoisotopic (exact) mass is 247 g/mol. The van der Waals surface area contributed by atoms with Gasteiger partial charge in [0.15, 0.2) is 0 Å². The minimum atomic E-state index is -0.320. The molecular formula is C15H21NO2. The van der Waals surface area contributed by atoms with Gasteiger partial charge in [0, 0.05) is 0 Å². The van der Waals surface area contributed by atoms with Crippen molar-refractivity contribution in [3.05, 3.63) is 23.8 Å². The number of hydrogen-bond acceptors (Lipinski definition) is 3. The van der Waals surface area contributed by atoms with Gasteiger partial charge in [-0.05, 0) is 43.0 Å². The number of hydrogen-bond donors (Lipinski definition) is 0. The summed E-state index contributed by atoms with van der Waals surface area (Å²) in [6.07, 6.45) is 2.36. The molecule has 0 unspecified atom stereocenters. The van der Waals surface area contributed by atoms with Crippen LogP contribution in [0.3, 0.4) is 0 Å².